The van der Waals surface area contributed by atoms with E-state index in [9.17, 15) is 4.79 Å². The summed E-state index contributed by atoms with van der Waals surface area (Å²) in [6.07, 6.45) is 4.69. The molecule has 2 nitrogen and oxygen atoms in total. The van der Waals surface area contributed by atoms with Gasteiger partial charge >= 0.3 is 0 Å². The predicted octanol–water partition coefficient (Wildman–Crippen LogP) is 3.40. The number of hydrogen-bond acceptors (Lipinski definition) is 2. The summed E-state index contributed by atoms with van der Waals surface area (Å²) in [7, 11) is 0. The summed E-state index contributed by atoms with van der Waals surface area (Å²) >= 11 is 0. The van der Waals surface area contributed by atoms with Crippen molar-refractivity contribution < 1.29 is 9.21 Å². The van der Waals surface area contributed by atoms with Gasteiger partial charge < -0.3 is 4.42 Å². The summed E-state index contributed by atoms with van der Waals surface area (Å²) in [5.74, 6) is 3.22. The molecule has 0 aliphatic heterocycles. The normalized spacial score (nSPS) is 25.3. The zero-order valence-corrected chi connectivity index (χ0v) is 9.19. The zero-order valence-electron chi connectivity index (χ0n) is 9.19. The number of hydrogen-bond donors (Lipinski definition) is 0. The summed E-state index contributed by atoms with van der Waals surface area (Å²) in [5.41, 5.74) is 0.778. The van der Waals surface area contributed by atoms with Crippen molar-refractivity contribution >= 4 is 12.4 Å². The third-order valence-electron chi connectivity index (χ3n) is 3.01. The lowest BCUT2D eigenvalue weighted by Crippen LogP contribution is -1.80. The minimum atomic E-state index is 0.605. The average Bonchev–Trinajstić information content (AvgIpc) is 2.80. The molecule has 2 unspecified atom stereocenters. The molecule has 0 saturated heterocycles. The molecule has 1 aromatic rings. The fourth-order valence-corrected chi connectivity index (χ4v) is 1.77. The lowest BCUT2D eigenvalue weighted by molar-refractivity contribution is -0.104. The molecule has 15 heavy (non-hydrogen) atoms. The Balaban J connectivity index is 2.13. The fraction of sp³-hybridized carbons (Fsp3) is 0.462. The Morgan fingerprint density at radius 1 is 1.60 bits per heavy atom. The number of allylic oxidation sites excluding steroid dienone is 1. The molecule has 2 rings (SSSR count). The molecule has 2 atom stereocenters. The predicted molar refractivity (Wildman–Crippen MR) is 59.6 cm³/mol. The smallest absolute Gasteiger partial charge is 0.146 e. The molecule has 0 aromatic carbocycles. The Hall–Kier alpha value is -1.31. The van der Waals surface area contributed by atoms with Crippen LogP contribution in [0.1, 0.15) is 44.1 Å². The lowest BCUT2D eigenvalue weighted by atomic mass is 10.2. The van der Waals surface area contributed by atoms with Crippen molar-refractivity contribution in [2.75, 3.05) is 0 Å². The van der Waals surface area contributed by atoms with E-state index >= 15 is 0 Å². The van der Waals surface area contributed by atoms with Gasteiger partial charge in [-0.05, 0) is 42.5 Å². The van der Waals surface area contributed by atoms with Crippen LogP contribution in [0.25, 0.3) is 6.08 Å². The molecule has 0 spiro atoms. The number of rotatable bonds is 4. The Morgan fingerprint density at radius 2 is 2.33 bits per heavy atom. The Morgan fingerprint density at radius 3 is 2.87 bits per heavy atom. The lowest BCUT2D eigenvalue weighted by Gasteiger charge is -1.92. The monoisotopic (exact) mass is 204 g/mol. The maximum absolute atomic E-state index is 10.6. The third kappa shape index (κ3) is 2.20. The molecule has 0 amide bonds. The van der Waals surface area contributed by atoms with Crippen molar-refractivity contribution in [3.63, 3.8) is 0 Å². The Bertz CT molecular complexity index is 387. The van der Waals surface area contributed by atoms with Gasteiger partial charge in [0.2, 0.25) is 0 Å². The zero-order chi connectivity index (χ0) is 10.8. The summed E-state index contributed by atoms with van der Waals surface area (Å²) in [4.78, 5) is 10.6. The van der Waals surface area contributed by atoms with Gasteiger partial charge in [0, 0.05) is 5.92 Å². The fourth-order valence-electron chi connectivity index (χ4n) is 1.77. The molecule has 80 valence electrons. The number of aldehydes is 1. The summed E-state index contributed by atoms with van der Waals surface area (Å²) in [6.45, 7) is 4.19. The molecule has 0 bridgehead atoms. The highest BCUT2D eigenvalue weighted by Gasteiger charge is 2.36. The molecule has 1 heterocycles. The van der Waals surface area contributed by atoms with Gasteiger partial charge in [0.05, 0.1) is 0 Å². The first kappa shape index (κ1) is 10.2. The molecule has 1 fully saturated rings. The topological polar surface area (TPSA) is 30.2 Å². The van der Waals surface area contributed by atoms with Gasteiger partial charge in [-0.2, -0.15) is 0 Å². The number of carbonyl (C=O) groups excluding carboxylic acids is 1. The maximum Gasteiger partial charge on any atom is 0.146 e. The van der Waals surface area contributed by atoms with Crippen LogP contribution in [0.4, 0.5) is 0 Å². The van der Waals surface area contributed by atoms with Crippen molar-refractivity contribution in [2.24, 2.45) is 5.92 Å². The van der Waals surface area contributed by atoms with Crippen LogP contribution in [-0.2, 0) is 4.79 Å². The van der Waals surface area contributed by atoms with E-state index in [1.54, 1.807) is 0 Å². The van der Waals surface area contributed by atoms with Crippen LogP contribution >= 0.6 is 0 Å². The molecule has 1 saturated carbocycles. The van der Waals surface area contributed by atoms with Crippen molar-refractivity contribution in [3.8, 4) is 0 Å². The van der Waals surface area contributed by atoms with Crippen LogP contribution in [0.3, 0.4) is 0 Å². The summed E-state index contributed by atoms with van der Waals surface area (Å²) < 4.78 is 5.68. The number of furan rings is 1. The SMILES string of the molecule is CCC(C=O)=Cc1ccc(C2CC2C)o1. The molecule has 2 heteroatoms. The van der Waals surface area contributed by atoms with Crippen molar-refractivity contribution in [3.05, 3.63) is 29.2 Å². The van der Waals surface area contributed by atoms with E-state index in [2.05, 4.69) is 6.92 Å². The first-order valence-electron chi connectivity index (χ1n) is 5.50. The molecule has 1 aromatic heterocycles. The number of carbonyl (C=O) groups is 1. The second-order valence-corrected chi connectivity index (χ2v) is 4.25. The molecular formula is C13H16O2. The highest BCUT2D eigenvalue weighted by Crippen LogP contribution is 2.47. The third-order valence-corrected chi connectivity index (χ3v) is 3.01. The first-order valence-corrected chi connectivity index (χ1v) is 5.50. The van der Waals surface area contributed by atoms with Gasteiger partial charge in [-0.3, -0.25) is 4.79 Å². The second kappa shape index (κ2) is 4.05. The van der Waals surface area contributed by atoms with Crippen LogP contribution in [0, 0.1) is 5.92 Å². The van der Waals surface area contributed by atoms with Crippen molar-refractivity contribution in [1.29, 1.82) is 0 Å². The Labute approximate surface area is 90.0 Å². The molecular weight excluding hydrogens is 188 g/mol. The van der Waals surface area contributed by atoms with Crippen molar-refractivity contribution in [1.82, 2.24) is 0 Å². The van der Waals surface area contributed by atoms with Gasteiger partial charge in [0.15, 0.2) is 0 Å². The molecule has 0 N–H and O–H groups in total. The van der Waals surface area contributed by atoms with E-state index in [1.165, 1.54) is 6.42 Å². The van der Waals surface area contributed by atoms with E-state index in [0.29, 0.717) is 5.92 Å². The van der Waals surface area contributed by atoms with Crippen LogP contribution < -0.4 is 0 Å². The molecule has 0 radical (unpaired) electrons. The minimum Gasteiger partial charge on any atom is -0.461 e. The highest BCUT2D eigenvalue weighted by molar-refractivity contribution is 5.80. The maximum atomic E-state index is 10.6. The summed E-state index contributed by atoms with van der Waals surface area (Å²) in [6, 6.07) is 3.97. The van der Waals surface area contributed by atoms with Crippen molar-refractivity contribution in [2.45, 2.75) is 32.6 Å². The van der Waals surface area contributed by atoms with E-state index < -0.39 is 0 Å². The first-order chi connectivity index (χ1) is 7.24. The van der Waals surface area contributed by atoms with Crippen LogP contribution in [-0.4, -0.2) is 6.29 Å². The average molecular weight is 204 g/mol. The van der Waals surface area contributed by atoms with Crippen LogP contribution in [0.15, 0.2) is 22.1 Å². The van der Waals surface area contributed by atoms with Crippen LogP contribution in [0.5, 0.6) is 0 Å². The van der Waals surface area contributed by atoms with E-state index in [-0.39, 0.29) is 0 Å². The van der Waals surface area contributed by atoms with Gasteiger partial charge in [-0.25, -0.2) is 0 Å². The molecule has 1 aliphatic rings. The quantitative estimate of drug-likeness (QED) is 0.556. The summed E-state index contributed by atoms with van der Waals surface area (Å²) in [5, 5.41) is 0. The van der Waals surface area contributed by atoms with Gasteiger partial charge in [0.1, 0.15) is 17.8 Å². The molecule has 1 aliphatic carbocycles. The van der Waals surface area contributed by atoms with Gasteiger partial charge in [-0.15, -0.1) is 0 Å². The largest absolute Gasteiger partial charge is 0.461 e. The highest BCUT2D eigenvalue weighted by atomic mass is 16.3. The van der Waals surface area contributed by atoms with E-state index in [0.717, 1.165) is 35.7 Å². The van der Waals surface area contributed by atoms with E-state index in [1.807, 2.05) is 25.1 Å². The van der Waals surface area contributed by atoms with E-state index in [4.69, 9.17) is 4.42 Å². The van der Waals surface area contributed by atoms with Crippen LogP contribution in [0.2, 0.25) is 0 Å². The van der Waals surface area contributed by atoms with Gasteiger partial charge in [0.25, 0.3) is 0 Å². The second-order valence-electron chi connectivity index (χ2n) is 4.25. The Kier molecular flexibility index (Phi) is 2.76. The standard InChI is InChI=1S/C13H16O2/c1-3-10(8-14)7-11-4-5-13(15-11)12-6-9(12)2/h4-5,7-9,12H,3,6H2,1-2H3. The minimum absolute atomic E-state index is 0.605. The van der Waals surface area contributed by atoms with Gasteiger partial charge in [-0.1, -0.05) is 13.8 Å².